The maximum atomic E-state index is 12.2. The summed E-state index contributed by atoms with van der Waals surface area (Å²) in [5.74, 6) is -1.12. The van der Waals surface area contributed by atoms with Crippen LogP contribution in [0.5, 0.6) is 0 Å². The molecule has 1 atom stereocenters. The quantitative estimate of drug-likeness (QED) is 0.728. The molecule has 0 aliphatic rings. The molecule has 0 bridgehead atoms. The largest absolute Gasteiger partial charge is 0.449 e. The molecule has 0 aliphatic heterocycles. The highest BCUT2D eigenvalue weighted by atomic mass is 32.2. The third-order valence-corrected chi connectivity index (χ3v) is 5.66. The Morgan fingerprint density at radius 3 is 2.19 bits per heavy atom. The zero-order chi connectivity index (χ0) is 20.0. The predicted octanol–water partition coefficient (Wildman–Crippen LogP) is 1.80. The van der Waals surface area contributed by atoms with Gasteiger partial charge in [0, 0.05) is 20.6 Å². The molecular weight excluding hydrogens is 368 g/mol. The van der Waals surface area contributed by atoms with Crippen molar-refractivity contribution in [1.82, 2.24) is 9.62 Å². The van der Waals surface area contributed by atoms with E-state index in [1.807, 2.05) is 30.3 Å². The first-order valence-electron chi connectivity index (χ1n) is 8.27. The lowest BCUT2D eigenvalue weighted by Crippen LogP contribution is -2.35. The fraction of sp³-hybridized carbons (Fsp3) is 0.263. The van der Waals surface area contributed by atoms with E-state index >= 15 is 0 Å². The van der Waals surface area contributed by atoms with E-state index in [2.05, 4.69) is 5.32 Å². The van der Waals surface area contributed by atoms with Crippen molar-refractivity contribution in [1.29, 1.82) is 0 Å². The van der Waals surface area contributed by atoms with Gasteiger partial charge in [0.2, 0.25) is 10.0 Å². The van der Waals surface area contributed by atoms with Crippen LogP contribution < -0.4 is 5.32 Å². The molecule has 27 heavy (non-hydrogen) atoms. The van der Waals surface area contributed by atoms with Gasteiger partial charge in [0.05, 0.1) is 10.5 Å². The van der Waals surface area contributed by atoms with Gasteiger partial charge in [0.15, 0.2) is 6.10 Å². The van der Waals surface area contributed by atoms with Gasteiger partial charge in [-0.2, -0.15) is 0 Å². The highest BCUT2D eigenvalue weighted by molar-refractivity contribution is 7.89. The Morgan fingerprint density at radius 2 is 1.63 bits per heavy atom. The molecule has 0 unspecified atom stereocenters. The summed E-state index contributed by atoms with van der Waals surface area (Å²) in [6, 6.07) is 14.7. The molecule has 8 heteroatoms. The number of carbonyl (C=O) groups excluding carboxylic acids is 2. The molecule has 2 aromatic rings. The van der Waals surface area contributed by atoms with E-state index in [1.165, 1.54) is 45.3 Å². The number of esters is 1. The predicted molar refractivity (Wildman–Crippen MR) is 100 cm³/mol. The molecule has 0 heterocycles. The van der Waals surface area contributed by atoms with Crippen LogP contribution in [-0.2, 0) is 26.1 Å². The molecule has 0 aromatic heterocycles. The normalized spacial score (nSPS) is 12.4. The van der Waals surface area contributed by atoms with E-state index in [0.717, 1.165) is 9.87 Å². The molecule has 0 fully saturated rings. The number of amides is 1. The van der Waals surface area contributed by atoms with Gasteiger partial charge in [-0.15, -0.1) is 0 Å². The summed E-state index contributed by atoms with van der Waals surface area (Å²) in [4.78, 5) is 24.3. The highest BCUT2D eigenvalue weighted by Gasteiger charge is 2.21. The molecule has 7 nitrogen and oxygen atoms in total. The van der Waals surface area contributed by atoms with Crippen LogP contribution in [-0.4, -0.2) is 44.8 Å². The van der Waals surface area contributed by atoms with Crippen molar-refractivity contribution in [2.45, 2.75) is 24.5 Å². The standard InChI is InChI=1S/C19H22N2O5S/c1-14(18(22)20-13-15-7-5-4-6-8-15)26-19(23)16-9-11-17(12-10-16)27(24,25)21(2)3/h4-12,14H,13H2,1-3H3,(H,20,22)/t14-/m1/s1. The average molecular weight is 390 g/mol. The van der Waals surface area contributed by atoms with Crippen LogP contribution in [0.1, 0.15) is 22.8 Å². The van der Waals surface area contributed by atoms with E-state index in [1.54, 1.807) is 0 Å². The molecule has 144 valence electrons. The molecule has 1 amide bonds. The summed E-state index contributed by atoms with van der Waals surface area (Å²) in [6.45, 7) is 1.81. The smallest absolute Gasteiger partial charge is 0.338 e. The maximum absolute atomic E-state index is 12.2. The average Bonchev–Trinajstić information content (AvgIpc) is 2.66. The topological polar surface area (TPSA) is 92.8 Å². The molecule has 0 aliphatic carbocycles. The first kappa shape index (κ1) is 20.6. The summed E-state index contributed by atoms with van der Waals surface area (Å²) in [6.07, 6.45) is -0.980. The number of benzene rings is 2. The van der Waals surface area contributed by atoms with Crippen molar-refractivity contribution in [3.8, 4) is 0 Å². The highest BCUT2D eigenvalue weighted by Crippen LogP contribution is 2.15. The van der Waals surface area contributed by atoms with E-state index < -0.39 is 28.0 Å². The lowest BCUT2D eigenvalue weighted by atomic mass is 10.2. The number of carbonyl (C=O) groups is 2. The second-order valence-corrected chi connectivity index (χ2v) is 8.21. The maximum Gasteiger partial charge on any atom is 0.338 e. The fourth-order valence-electron chi connectivity index (χ4n) is 2.18. The lowest BCUT2D eigenvalue weighted by molar-refractivity contribution is -0.129. The summed E-state index contributed by atoms with van der Waals surface area (Å²) in [5, 5.41) is 2.70. The summed E-state index contributed by atoms with van der Waals surface area (Å²) < 4.78 is 30.3. The Balaban J connectivity index is 1.94. The number of nitrogens with zero attached hydrogens (tertiary/aromatic N) is 1. The molecule has 1 N–H and O–H groups in total. The minimum Gasteiger partial charge on any atom is -0.449 e. The Bertz CT molecular complexity index is 893. The summed E-state index contributed by atoms with van der Waals surface area (Å²) in [5.41, 5.74) is 1.09. The first-order chi connectivity index (χ1) is 12.7. The van der Waals surface area contributed by atoms with Gasteiger partial charge in [0.25, 0.3) is 5.91 Å². The third-order valence-electron chi connectivity index (χ3n) is 3.83. The van der Waals surface area contributed by atoms with E-state index in [9.17, 15) is 18.0 Å². The molecule has 0 saturated carbocycles. The second kappa shape index (κ2) is 8.79. The van der Waals surface area contributed by atoms with Crippen molar-refractivity contribution in [2.24, 2.45) is 0 Å². The molecule has 0 saturated heterocycles. The molecule has 2 rings (SSSR count). The number of ether oxygens (including phenoxy) is 1. The van der Waals surface area contributed by atoms with Gasteiger partial charge in [-0.25, -0.2) is 17.5 Å². The van der Waals surface area contributed by atoms with Crippen molar-refractivity contribution in [3.05, 3.63) is 65.7 Å². The van der Waals surface area contributed by atoms with Crippen LogP contribution in [0.4, 0.5) is 0 Å². The number of nitrogens with one attached hydrogen (secondary N) is 1. The van der Waals surface area contributed by atoms with Crippen molar-refractivity contribution >= 4 is 21.9 Å². The van der Waals surface area contributed by atoms with Crippen molar-refractivity contribution in [2.75, 3.05) is 14.1 Å². The van der Waals surface area contributed by atoms with Gasteiger partial charge < -0.3 is 10.1 Å². The summed E-state index contributed by atoms with van der Waals surface area (Å²) >= 11 is 0. The van der Waals surface area contributed by atoms with Crippen LogP contribution >= 0.6 is 0 Å². The number of sulfonamides is 1. The van der Waals surface area contributed by atoms with Gasteiger partial charge >= 0.3 is 5.97 Å². The Morgan fingerprint density at radius 1 is 1.04 bits per heavy atom. The van der Waals surface area contributed by atoms with Gasteiger partial charge in [-0.1, -0.05) is 30.3 Å². The zero-order valence-electron chi connectivity index (χ0n) is 15.4. The third kappa shape index (κ3) is 5.38. The van der Waals surface area contributed by atoms with E-state index in [-0.39, 0.29) is 10.5 Å². The van der Waals surface area contributed by atoms with Crippen LogP contribution in [0.2, 0.25) is 0 Å². The summed E-state index contributed by atoms with van der Waals surface area (Å²) in [7, 11) is -0.725. The first-order valence-corrected chi connectivity index (χ1v) is 9.71. The monoisotopic (exact) mass is 390 g/mol. The fourth-order valence-corrected chi connectivity index (χ4v) is 3.09. The van der Waals surface area contributed by atoms with Gasteiger partial charge in [-0.05, 0) is 36.8 Å². The number of rotatable bonds is 7. The van der Waals surface area contributed by atoms with Crippen LogP contribution in [0.15, 0.2) is 59.5 Å². The van der Waals surface area contributed by atoms with E-state index in [4.69, 9.17) is 4.74 Å². The molecule has 2 aromatic carbocycles. The van der Waals surface area contributed by atoms with Crippen LogP contribution in [0.3, 0.4) is 0 Å². The van der Waals surface area contributed by atoms with Gasteiger partial charge in [0.1, 0.15) is 0 Å². The van der Waals surface area contributed by atoms with Gasteiger partial charge in [-0.3, -0.25) is 4.79 Å². The number of hydrogen-bond donors (Lipinski definition) is 1. The van der Waals surface area contributed by atoms with Crippen LogP contribution in [0, 0.1) is 0 Å². The molecular formula is C19H22N2O5S. The van der Waals surface area contributed by atoms with Crippen molar-refractivity contribution in [3.63, 3.8) is 0 Å². The second-order valence-electron chi connectivity index (χ2n) is 6.06. The van der Waals surface area contributed by atoms with E-state index in [0.29, 0.717) is 6.54 Å². The Kier molecular flexibility index (Phi) is 6.70. The SMILES string of the molecule is C[C@@H](OC(=O)c1ccc(S(=O)(=O)N(C)C)cc1)C(=O)NCc1ccccc1. The van der Waals surface area contributed by atoms with Crippen molar-refractivity contribution < 1.29 is 22.7 Å². The Hall–Kier alpha value is -2.71. The molecule has 0 radical (unpaired) electrons. The zero-order valence-corrected chi connectivity index (χ0v) is 16.2. The number of hydrogen-bond acceptors (Lipinski definition) is 5. The lowest BCUT2D eigenvalue weighted by Gasteiger charge is -2.14. The minimum atomic E-state index is -3.57. The Labute approximate surface area is 159 Å². The minimum absolute atomic E-state index is 0.0673. The molecule has 0 spiro atoms. The van der Waals surface area contributed by atoms with Crippen LogP contribution in [0.25, 0.3) is 0 Å².